The first-order valence-electron chi connectivity index (χ1n) is 8.26. The monoisotopic (exact) mass is 296 g/mol. The molecular weight excluding hydrogens is 268 g/mol. The van der Waals surface area contributed by atoms with E-state index in [1.54, 1.807) is 0 Å². The molecule has 1 aliphatic rings. The maximum atomic E-state index is 12.0. The Morgan fingerprint density at radius 1 is 1.10 bits per heavy atom. The van der Waals surface area contributed by atoms with Crippen molar-refractivity contribution in [3.8, 4) is 0 Å². The van der Waals surface area contributed by atoms with Gasteiger partial charge in [-0.25, -0.2) is 4.79 Å². The van der Waals surface area contributed by atoms with E-state index in [0.717, 1.165) is 19.3 Å². The summed E-state index contributed by atoms with van der Waals surface area (Å²) < 4.78 is 5.29. The Hall–Kier alpha value is -1.32. The summed E-state index contributed by atoms with van der Waals surface area (Å²) >= 11 is 0. The number of aliphatic hydroxyl groups excluding tert-OH is 1. The molecule has 120 valence electrons. The fourth-order valence-electron chi connectivity index (χ4n) is 2.63. The van der Waals surface area contributed by atoms with Crippen LogP contribution in [-0.2, 0) is 14.3 Å². The lowest BCUT2D eigenvalue weighted by atomic mass is 9.96. The first-order chi connectivity index (χ1) is 10.1. The maximum absolute atomic E-state index is 12.0. The van der Waals surface area contributed by atoms with Crippen molar-refractivity contribution in [3.05, 3.63) is 11.3 Å². The van der Waals surface area contributed by atoms with E-state index < -0.39 is 5.97 Å². The Kier molecular flexibility index (Phi) is 8.09. The Balaban J connectivity index is 2.38. The van der Waals surface area contributed by atoms with E-state index >= 15 is 0 Å². The third-order valence-corrected chi connectivity index (χ3v) is 3.82. The minimum absolute atomic E-state index is 0.120. The SMILES string of the molecule is CCCCCCCC[C@@H]1CC(=O)C(=C(O)CCC)C(=O)O1. The summed E-state index contributed by atoms with van der Waals surface area (Å²) in [5.74, 6) is -1.04. The average Bonchev–Trinajstić information content (AvgIpc) is 2.42. The van der Waals surface area contributed by atoms with Gasteiger partial charge < -0.3 is 9.84 Å². The summed E-state index contributed by atoms with van der Waals surface area (Å²) in [7, 11) is 0. The zero-order valence-corrected chi connectivity index (χ0v) is 13.3. The third-order valence-electron chi connectivity index (χ3n) is 3.82. The number of unbranched alkanes of at least 4 members (excludes halogenated alkanes) is 5. The van der Waals surface area contributed by atoms with Gasteiger partial charge in [0.05, 0.1) is 0 Å². The van der Waals surface area contributed by atoms with E-state index in [4.69, 9.17) is 4.74 Å². The highest BCUT2D eigenvalue weighted by Gasteiger charge is 2.34. The van der Waals surface area contributed by atoms with Gasteiger partial charge in [0.1, 0.15) is 17.4 Å². The quantitative estimate of drug-likeness (QED) is 0.227. The van der Waals surface area contributed by atoms with E-state index in [2.05, 4.69) is 6.92 Å². The van der Waals surface area contributed by atoms with E-state index in [0.29, 0.717) is 12.8 Å². The molecule has 1 saturated heterocycles. The summed E-state index contributed by atoms with van der Waals surface area (Å²) in [4.78, 5) is 23.8. The number of Topliss-reactive ketones (excluding diaryl/α,β-unsaturated/α-hetero) is 1. The molecule has 1 rings (SSSR count). The van der Waals surface area contributed by atoms with Crippen molar-refractivity contribution in [2.75, 3.05) is 0 Å². The molecule has 0 aromatic heterocycles. The molecule has 1 N–H and O–H groups in total. The number of ether oxygens (including phenoxy) is 1. The smallest absolute Gasteiger partial charge is 0.345 e. The third kappa shape index (κ3) is 5.90. The van der Waals surface area contributed by atoms with Crippen molar-refractivity contribution in [3.63, 3.8) is 0 Å². The fourth-order valence-corrected chi connectivity index (χ4v) is 2.63. The van der Waals surface area contributed by atoms with Crippen LogP contribution in [0.15, 0.2) is 11.3 Å². The summed E-state index contributed by atoms with van der Waals surface area (Å²) in [5.41, 5.74) is -0.129. The van der Waals surface area contributed by atoms with Crippen molar-refractivity contribution in [2.45, 2.75) is 84.2 Å². The summed E-state index contributed by atoms with van der Waals surface area (Å²) in [6, 6.07) is 0. The molecule has 1 atom stereocenters. The minimum Gasteiger partial charge on any atom is -0.511 e. The van der Waals surface area contributed by atoms with E-state index in [9.17, 15) is 14.7 Å². The first-order valence-corrected chi connectivity index (χ1v) is 8.26. The number of hydrogen-bond donors (Lipinski definition) is 1. The molecule has 0 aromatic rings. The molecule has 0 saturated carbocycles. The van der Waals surface area contributed by atoms with Crippen LogP contribution >= 0.6 is 0 Å². The van der Waals surface area contributed by atoms with Crippen LogP contribution in [0.25, 0.3) is 0 Å². The number of carbonyl (C=O) groups is 2. The van der Waals surface area contributed by atoms with Crippen LogP contribution in [0.2, 0.25) is 0 Å². The number of allylic oxidation sites excluding steroid dienone is 1. The normalized spacial score (nSPS) is 21.3. The van der Waals surface area contributed by atoms with Crippen LogP contribution in [0.5, 0.6) is 0 Å². The van der Waals surface area contributed by atoms with Gasteiger partial charge in [-0.15, -0.1) is 0 Å². The van der Waals surface area contributed by atoms with Gasteiger partial charge in [-0.2, -0.15) is 0 Å². The number of carbonyl (C=O) groups excluding carboxylic acids is 2. The van der Waals surface area contributed by atoms with Crippen molar-refractivity contribution < 1.29 is 19.4 Å². The second-order valence-electron chi connectivity index (χ2n) is 5.78. The lowest BCUT2D eigenvalue weighted by molar-refractivity contribution is -0.151. The Bertz CT molecular complexity index is 364. The Labute approximate surface area is 127 Å². The lowest BCUT2D eigenvalue weighted by Crippen LogP contribution is -2.33. The Morgan fingerprint density at radius 2 is 1.76 bits per heavy atom. The number of rotatable bonds is 9. The highest BCUT2D eigenvalue weighted by molar-refractivity contribution is 6.19. The molecular formula is C17H28O4. The number of cyclic esters (lactones) is 1. The van der Waals surface area contributed by atoms with Crippen molar-refractivity contribution in [2.24, 2.45) is 0 Å². The van der Waals surface area contributed by atoms with Crippen molar-refractivity contribution >= 4 is 11.8 Å². The molecule has 0 aliphatic carbocycles. The van der Waals surface area contributed by atoms with E-state index in [-0.39, 0.29) is 29.6 Å². The Morgan fingerprint density at radius 3 is 2.38 bits per heavy atom. The molecule has 4 nitrogen and oxygen atoms in total. The molecule has 1 heterocycles. The van der Waals surface area contributed by atoms with Crippen LogP contribution < -0.4 is 0 Å². The highest BCUT2D eigenvalue weighted by atomic mass is 16.5. The number of esters is 1. The molecule has 0 aromatic carbocycles. The van der Waals surface area contributed by atoms with E-state index in [1.165, 1.54) is 25.7 Å². The topological polar surface area (TPSA) is 63.6 Å². The van der Waals surface area contributed by atoms with Crippen LogP contribution in [0.4, 0.5) is 0 Å². The average molecular weight is 296 g/mol. The zero-order valence-electron chi connectivity index (χ0n) is 13.3. The number of ketones is 1. The highest BCUT2D eigenvalue weighted by Crippen LogP contribution is 2.24. The van der Waals surface area contributed by atoms with Gasteiger partial charge >= 0.3 is 5.97 Å². The molecule has 0 amide bonds. The molecule has 0 bridgehead atoms. The van der Waals surface area contributed by atoms with Crippen LogP contribution in [0.3, 0.4) is 0 Å². The van der Waals surface area contributed by atoms with Gasteiger partial charge in [0, 0.05) is 12.8 Å². The summed E-state index contributed by atoms with van der Waals surface area (Å²) in [6.45, 7) is 4.07. The van der Waals surface area contributed by atoms with Gasteiger partial charge in [-0.1, -0.05) is 46.0 Å². The van der Waals surface area contributed by atoms with Crippen molar-refractivity contribution in [1.82, 2.24) is 0 Å². The number of aliphatic hydroxyl groups is 1. The lowest BCUT2D eigenvalue weighted by Gasteiger charge is -2.23. The predicted molar refractivity (Wildman–Crippen MR) is 82.1 cm³/mol. The van der Waals surface area contributed by atoms with Crippen molar-refractivity contribution in [1.29, 1.82) is 0 Å². The molecule has 0 radical (unpaired) electrons. The molecule has 4 heteroatoms. The number of hydrogen-bond acceptors (Lipinski definition) is 4. The zero-order chi connectivity index (χ0) is 15.7. The maximum Gasteiger partial charge on any atom is 0.345 e. The molecule has 0 spiro atoms. The second kappa shape index (κ2) is 9.59. The summed E-state index contributed by atoms with van der Waals surface area (Å²) in [6.07, 6.45) is 8.72. The van der Waals surface area contributed by atoms with Crippen LogP contribution in [0, 0.1) is 0 Å². The minimum atomic E-state index is -0.645. The van der Waals surface area contributed by atoms with Crippen LogP contribution in [-0.4, -0.2) is 23.0 Å². The fraction of sp³-hybridized carbons (Fsp3) is 0.765. The molecule has 21 heavy (non-hydrogen) atoms. The predicted octanol–water partition coefficient (Wildman–Crippen LogP) is 4.23. The molecule has 1 aliphatic heterocycles. The molecule has 0 unspecified atom stereocenters. The summed E-state index contributed by atoms with van der Waals surface area (Å²) in [5, 5.41) is 9.76. The standard InChI is InChI=1S/C17H28O4/c1-3-5-6-7-8-9-11-13-12-15(19)16(17(20)21-13)14(18)10-4-2/h13,18H,3-12H2,1-2H3/t13-/m1/s1. The van der Waals surface area contributed by atoms with Crippen LogP contribution in [0.1, 0.15) is 78.1 Å². The van der Waals surface area contributed by atoms with E-state index in [1.807, 2.05) is 6.92 Å². The molecule has 1 fully saturated rings. The van der Waals surface area contributed by atoms with Gasteiger partial charge in [0.25, 0.3) is 0 Å². The van der Waals surface area contributed by atoms with Gasteiger partial charge in [-0.3, -0.25) is 4.79 Å². The largest absolute Gasteiger partial charge is 0.511 e. The first kappa shape index (κ1) is 17.7. The van der Waals surface area contributed by atoms with Gasteiger partial charge in [-0.05, 0) is 19.3 Å². The second-order valence-corrected chi connectivity index (χ2v) is 5.78. The van der Waals surface area contributed by atoms with Gasteiger partial charge in [0.15, 0.2) is 5.78 Å². The van der Waals surface area contributed by atoms with Gasteiger partial charge in [0.2, 0.25) is 0 Å².